The van der Waals surface area contributed by atoms with E-state index in [1.807, 2.05) is 30.5 Å². The van der Waals surface area contributed by atoms with Gasteiger partial charge in [-0.3, -0.25) is 4.98 Å². The Morgan fingerprint density at radius 3 is 2.84 bits per heavy atom. The van der Waals surface area contributed by atoms with E-state index in [0.717, 1.165) is 54.6 Å². The number of sulfonamides is 1. The molecule has 2 heterocycles. The van der Waals surface area contributed by atoms with E-state index >= 15 is 0 Å². The van der Waals surface area contributed by atoms with Crippen LogP contribution in [0.3, 0.4) is 0 Å². The van der Waals surface area contributed by atoms with Gasteiger partial charge in [0.1, 0.15) is 5.75 Å². The van der Waals surface area contributed by atoms with Crippen LogP contribution in [-0.4, -0.2) is 44.9 Å². The first-order valence-corrected chi connectivity index (χ1v) is 10.3. The molecule has 0 bridgehead atoms. The molecular weight excluding hydrogens is 338 g/mol. The molecule has 25 heavy (non-hydrogen) atoms. The number of fused-ring (bicyclic) bond motifs is 1. The first-order valence-electron chi connectivity index (χ1n) is 8.76. The number of piperidine rings is 1. The Morgan fingerprint density at radius 1 is 1.24 bits per heavy atom. The van der Waals surface area contributed by atoms with Crippen LogP contribution in [0.25, 0.3) is 10.9 Å². The number of ether oxygens (including phenoxy) is 1. The fraction of sp³-hybridized carbons (Fsp3) is 0.500. The molecule has 1 aliphatic carbocycles. The summed E-state index contributed by atoms with van der Waals surface area (Å²) in [6, 6.07) is 7.82. The molecular formula is C18H23N3O3S. The summed E-state index contributed by atoms with van der Waals surface area (Å²) in [5, 5.41) is 0.862. The Morgan fingerprint density at radius 2 is 2.08 bits per heavy atom. The normalized spacial score (nSPS) is 21.5. The van der Waals surface area contributed by atoms with Gasteiger partial charge in [0.05, 0.1) is 17.9 Å². The van der Waals surface area contributed by atoms with Crippen LogP contribution in [-0.2, 0) is 10.0 Å². The van der Waals surface area contributed by atoms with Crippen LogP contribution in [0.15, 0.2) is 30.5 Å². The van der Waals surface area contributed by atoms with Crippen LogP contribution in [0.5, 0.6) is 5.75 Å². The standard InChI is InChI=1S/C18H23N3O3S/c1-24-14-4-7-17-16(11-14)18(8-9-19-17)21-10-2-3-13(12-21)20-25(22,23)15-5-6-15/h4,7-9,11,13,15,20H,2-3,5-6,10,12H2,1H3. The number of methoxy groups -OCH3 is 1. The van der Waals surface area contributed by atoms with Gasteiger partial charge in [-0.05, 0) is 49.9 Å². The van der Waals surface area contributed by atoms with Gasteiger partial charge in [0.15, 0.2) is 0 Å². The van der Waals surface area contributed by atoms with Gasteiger partial charge in [0.2, 0.25) is 10.0 Å². The van der Waals surface area contributed by atoms with Crippen molar-refractivity contribution in [3.8, 4) is 5.75 Å². The molecule has 1 atom stereocenters. The fourth-order valence-electron chi connectivity index (χ4n) is 3.51. The average Bonchev–Trinajstić information content (AvgIpc) is 3.46. The third-order valence-corrected chi connectivity index (χ3v) is 6.99. The van der Waals surface area contributed by atoms with Gasteiger partial charge < -0.3 is 9.64 Å². The van der Waals surface area contributed by atoms with Crippen molar-refractivity contribution >= 4 is 26.6 Å². The van der Waals surface area contributed by atoms with Gasteiger partial charge in [0, 0.05) is 36.4 Å². The van der Waals surface area contributed by atoms with Crippen molar-refractivity contribution in [2.45, 2.75) is 37.0 Å². The molecule has 134 valence electrons. The largest absolute Gasteiger partial charge is 0.497 e. The number of benzene rings is 1. The zero-order chi connectivity index (χ0) is 17.4. The van der Waals surface area contributed by atoms with E-state index in [4.69, 9.17) is 4.74 Å². The molecule has 1 unspecified atom stereocenters. The molecule has 0 radical (unpaired) electrons. The molecule has 2 aromatic rings. The third kappa shape index (κ3) is 3.43. The fourth-order valence-corrected chi connectivity index (χ4v) is 5.12. The first kappa shape index (κ1) is 16.6. The van der Waals surface area contributed by atoms with E-state index in [-0.39, 0.29) is 11.3 Å². The summed E-state index contributed by atoms with van der Waals surface area (Å²) in [7, 11) is -1.50. The van der Waals surface area contributed by atoms with Gasteiger partial charge in [-0.2, -0.15) is 0 Å². The van der Waals surface area contributed by atoms with Crippen molar-refractivity contribution in [2.75, 3.05) is 25.1 Å². The molecule has 2 fully saturated rings. The maximum Gasteiger partial charge on any atom is 0.214 e. The number of aromatic nitrogens is 1. The van der Waals surface area contributed by atoms with Crippen molar-refractivity contribution < 1.29 is 13.2 Å². The number of pyridine rings is 1. The van der Waals surface area contributed by atoms with Crippen LogP contribution < -0.4 is 14.4 Å². The van der Waals surface area contributed by atoms with E-state index in [0.29, 0.717) is 6.54 Å². The Bertz CT molecular complexity index is 880. The number of anilines is 1. The second kappa shape index (κ2) is 6.46. The van der Waals surface area contributed by atoms with Crippen LogP contribution >= 0.6 is 0 Å². The average molecular weight is 361 g/mol. The van der Waals surface area contributed by atoms with Crippen LogP contribution in [0.2, 0.25) is 0 Å². The first-order chi connectivity index (χ1) is 12.1. The highest BCUT2D eigenvalue weighted by Gasteiger charge is 2.37. The zero-order valence-corrected chi connectivity index (χ0v) is 15.1. The topological polar surface area (TPSA) is 71.5 Å². The summed E-state index contributed by atoms with van der Waals surface area (Å²) in [6.07, 6.45) is 5.24. The lowest BCUT2D eigenvalue weighted by atomic mass is 10.0. The van der Waals surface area contributed by atoms with Crippen LogP contribution in [0.4, 0.5) is 5.69 Å². The molecule has 1 saturated heterocycles. The van der Waals surface area contributed by atoms with Crippen LogP contribution in [0, 0.1) is 0 Å². The Hall–Kier alpha value is -1.86. The molecule has 7 heteroatoms. The molecule has 1 saturated carbocycles. The minimum absolute atomic E-state index is 0.0341. The van der Waals surface area contributed by atoms with Gasteiger partial charge in [-0.1, -0.05) is 0 Å². The number of nitrogens with zero attached hydrogens (tertiary/aromatic N) is 2. The maximum absolute atomic E-state index is 12.2. The van der Waals surface area contributed by atoms with E-state index in [2.05, 4.69) is 14.6 Å². The summed E-state index contributed by atoms with van der Waals surface area (Å²) in [6.45, 7) is 1.60. The van der Waals surface area contributed by atoms with Gasteiger partial charge >= 0.3 is 0 Å². The maximum atomic E-state index is 12.2. The predicted molar refractivity (Wildman–Crippen MR) is 98.6 cm³/mol. The molecule has 1 aromatic carbocycles. The minimum atomic E-state index is -3.15. The van der Waals surface area contributed by atoms with Gasteiger partial charge in [-0.15, -0.1) is 0 Å². The summed E-state index contributed by atoms with van der Waals surface area (Å²) >= 11 is 0. The molecule has 2 aliphatic rings. The number of hydrogen-bond acceptors (Lipinski definition) is 5. The SMILES string of the molecule is COc1ccc2nccc(N3CCCC(NS(=O)(=O)C4CC4)C3)c2c1. The monoisotopic (exact) mass is 361 g/mol. The minimum Gasteiger partial charge on any atom is -0.497 e. The molecule has 1 aromatic heterocycles. The molecule has 4 rings (SSSR count). The van der Waals surface area contributed by atoms with E-state index in [1.165, 1.54) is 0 Å². The van der Waals surface area contributed by atoms with Crippen molar-refractivity contribution in [1.29, 1.82) is 0 Å². The second-order valence-corrected chi connectivity index (χ2v) is 8.85. The summed E-state index contributed by atoms with van der Waals surface area (Å²) < 4.78 is 32.8. The highest BCUT2D eigenvalue weighted by atomic mass is 32.2. The highest BCUT2D eigenvalue weighted by Crippen LogP contribution is 2.32. The predicted octanol–water partition coefficient (Wildman–Crippen LogP) is 2.29. The van der Waals surface area contributed by atoms with E-state index in [1.54, 1.807) is 7.11 Å². The molecule has 1 N–H and O–H groups in total. The van der Waals surface area contributed by atoms with E-state index in [9.17, 15) is 8.42 Å². The van der Waals surface area contributed by atoms with Crippen molar-refractivity contribution in [3.63, 3.8) is 0 Å². The Kier molecular flexibility index (Phi) is 4.29. The van der Waals surface area contributed by atoms with Crippen LogP contribution in [0.1, 0.15) is 25.7 Å². The highest BCUT2D eigenvalue weighted by molar-refractivity contribution is 7.90. The van der Waals surface area contributed by atoms with Crippen molar-refractivity contribution in [2.24, 2.45) is 0 Å². The Balaban J connectivity index is 1.59. The van der Waals surface area contributed by atoms with Gasteiger partial charge in [0.25, 0.3) is 0 Å². The van der Waals surface area contributed by atoms with Gasteiger partial charge in [-0.25, -0.2) is 13.1 Å². The Labute approximate surface area is 148 Å². The summed E-state index contributed by atoms with van der Waals surface area (Å²) in [5.41, 5.74) is 2.00. The molecule has 6 nitrogen and oxygen atoms in total. The quantitative estimate of drug-likeness (QED) is 0.885. The van der Waals surface area contributed by atoms with E-state index < -0.39 is 10.0 Å². The number of rotatable bonds is 5. The summed E-state index contributed by atoms with van der Waals surface area (Å²) in [4.78, 5) is 6.69. The molecule has 1 aliphatic heterocycles. The molecule has 0 spiro atoms. The second-order valence-electron chi connectivity index (χ2n) is 6.86. The lowest BCUT2D eigenvalue weighted by molar-refractivity contribution is 0.415. The molecule has 0 amide bonds. The number of nitrogens with one attached hydrogen (secondary N) is 1. The summed E-state index contributed by atoms with van der Waals surface area (Å²) in [5.74, 6) is 0.796. The third-order valence-electron chi connectivity index (χ3n) is 4.98. The smallest absolute Gasteiger partial charge is 0.214 e. The van der Waals surface area contributed by atoms with Crippen molar-refractivity contribution in [3.05, 3.63) is 30.5 Å². The lowest BCUT2D eigenvalue weighted by Crippen LogP contribution is -2.48. The zero-order valence-electron chi connectivity index (χ0n) is 14.3. The lowest BCUT2D eigenvalue weighted by Gasteiger charge is -2.35. The number of hydrogen-bond donors (Lipinski definition) is 1. The van der Waals surface area contributed by atoms with Crippen molar-refractivity contribution in [1.82, 2.24) is 9.71 Å².